The van der Waals surface area contributed by atoms with Crippen molar-refractivity contribution >= 4 is 26.0 Å². The molecule has 0 aliphatic carbocycles. The molecule has 2 rings (SSSR count). The fourth-order valence-corrected chi connectivity index (χ4v) is 4.57. The normalized spacial score (nSPS) is 12.9. The number of methoxy groups -OCH3 is 2. The number of ether oxygens (including phenoxy) is 2. The van der Waals surface area contributed by atoms with Crippen molar-refractivity contribution in [3.63, 3.8) is 0 Å². The monoisotopic (exact) mass is 427 g/mol. The van der Waals surface area contributed by atoms with E-state index < -0.39 is 10.0 Å². The first-order valence-corrected chi connectivity index (χ1v) is 10.1. The molecular weight excluding hydrogens is 406 g/mol. The number of halogens is 1. The molecule has 0 spiro atoms. The second-order valence-corrected chi connectivity index (χ2v) is 8.51. The van der Waals surface area contributed by atoms with Gasteiger partial charge in [0.25, 0.3) is 0 Å². The Morgan fingerprint density at radius 2 is 1.64 bits per heavy atom. The van der Waals surface area contributed by atoms with Gasteiger partial charge in [0.15, 0.2) is 0 Å². The van der Waals surface area contributed by atoms with Crippen molar-refractivity contribution in [1.82, 2.24) is 4.72 Å². The zero-order chi connectivity index (χ0) is 18.6. The van der Waals surface area contributed by atoms with Crippen molar-refractivity contribution in [2.45, 2.75) is 24.8 Å². The molecule has 136 valence electrons. The largest absolute Gasteiger partial charge is 0.497 e. The van der Waals surface area contributed by atoms with E-state index in [-0.39, 0.29) is 16.9 Å². The maximum atomic E-state index is 12.9. The fraction of sp³-hybridized carbons (Fsp3) is 0.333. The minimum Gasteiger partial charge on any atom is -0.497 e. The van der Waals surface area contributed by atoms with Gasteiger partial charge in [0.1, 0.15) is 16.4 Å². The molecule has 5 nitrogen and oxygen atoms in total. The summed E-state index contributed by atoms with van der Waals surface area (Å²) >= 11 is 3.31. The standard InChI is InChI=1S/C18H22BrNO4S/c1-12(2)18(13-5-8-15(23-3)9-6-13)20-25(21,22)17-11-14(19)7-10-16(17)24-4/h5-12,18,20H,1-4H3. The number of benzene rings is 2. The van der Waals surface area contributed by atoms with E-state index in [2.05, 4.69) is 20.7 Å². The summed E-state index contributed by atoms with van der Waals surface area (Å²) in [7, 11) is -0.725. The molecule has 2 aromatic rings. The maximum Gasteiger partial charge on any atom is 0.244 e. The Kier molecular flexibility index (Phi) is 6.48. The number of hydrogen-bond acceptors (Lipinski definition) is 4. The van der Waals surface area contributed by atoms with Crippen molar-refractivity contribution in [1.29, 1.82) is 0 Å². The van der Waals surface area contributed by atoms with Crippen LogP contribution >= 0.6 is 15.9 Å². The molecule has 0 amide bonds. The Morgan fingerprint density at radius 3 is 2.16 bits per heavy atom. The Morgan fingerprint density at radius 1 is 1.00 bits per heavy atom. The van der Waals surface area contributed by atoms with Crippen LogP contribution in [0.5, 0.6) is 11.5 Å². The lowest BCUT2D eigenvalue weighted by molar-refractivity contribution is 0.400. The van der Waals surface area contributed by atoms with Gasteiger partial charge in [-0.3, -0.25) is 0 Å². The average Bonchev–Trinajstić information content (AvgIpc) is 2.59. The zero-order valence-corrected chi connectivity index (χ0v) is 17.0. The Balaban J connectivity index is 2.39. The van der Waals surface area contributed by atoms with Crippen LogP contribution in [0.4, 0.5) is 0 Å². The maximum absolute atomic E-state index is 12.9. The average molecular weight is 428 g/mol. The summed E-state index contributed by atoms with van der Waals surface area (Å²) in [5.74, 6) is 1.08. The number of sulfonamides is 1. The van der Waals surface area contributed by atoms with Crippen LogP contribution in [0.25, 0.3) is 0 Å². The summed E-state index contributed by atoms with van der Waals surface area (Å²) in [6.45, 7) is 3.94. The van der Waals surface area contributed by atoms with E-state index in [1.165, 1.54) is 13.2 Å². The lowest BCUT2D eigenvalue weighted by Crippen LogP contribution is -2.32. The lowest BCUT2D eigenvalue weighted by Gasteiger charge is -2.23. The molecule has 0 saturated heterocycles. The highest BCUT2D eigenvalue weighted by atomic mass is 79.9. The van der Waals surface area contributed by atoms with Gasteiger partial charge in [0.2, 0.25) is 10.0 Å². The van der Waals surface area contributed by atoms with E-state index in [0.29, 0.717) is 10.2 Å². The Bertz CT molecular complexity index is 819. The van der Waals surface area contributed by atoms with Gasteiger partial charge in [-0.1, -0.05) is 41.9 Å². The van der Waals surface area contributed by atoms with Gasteiger partial charge < -0.3 is 9.47 Å². The molecule has 0 aliphatic rings. The molecule has 7 heteroatoms. The van der Waals surface area contributed by atoms with Crippen LogP contribution in [0.1, 0.15) is 25.5 Å². The topological polar surface area (TPSA) is 64.6 Å². The van der Waals surface area contributed by atoms with Crippen LogP contribution < -0.4 is 14.2 Å². The molecule has 0 saturated carbocycles. The predicted molar refractivity (Wildman–Crippen MR) is 102 cm³/mol. The number of nitrogens with one attached hydrogen (secondary N) is 1. The molecule has 0 aliphatic heterocycles. The van der Waals surface area contributed by atoms with Gasteiger partial charge >= 0.3 is 0 Å². The molecule has 1 N–H and O–H groups in total. The first-order chi connectivity index (χ1) is 11.8. The summed E-state index contributed by atoms with van der Waals surface area (Å²) in [5.41, 5.74) is 0.869. The summed E-state index contributed by atoms with van der Waals surface area (Å²) in [6.07, 6.45) is 0. The van der Waals surface area contributed by atoms with Gasteiger partial charge in [-0.05, 0) is 41.8 Å². The van der Waals surface area contributed by atoms with Gasteiger partial charge in [-0.2, -0.15) is 0 Å². The molecule has 0 heterocycles. The van der Waals surface area contributed by atoms with Crippen LogP contribution in [-0.4, -0.2) is 22.6 Å². The van der Waals surface area contributed by atoms with E-state index in [1.807, 2.05) is 38.1 Å². The minimum atomic E-state index is -3.77. The van der Waals surface area contributed by atoms with Crippen molar-refractivity contribution in [3.8, 4) is 11.5 Å². The summed E-state index contributed by atoms with van der Waals surface area (Å²) in [6, 6.07) is 11.9. The Labute approximate surface area is 157 Å². The highest BCUT2D eigenvalue weighted by Gasteiger charge is 2.26. The van der Waals surface area contributed by atoms with Crippen LogP contribution in [0, 0.1) is 5.92 Å². The molecule has 0 fully saturated rings. The van der Waals surface area contributed by atoms with Crippen LogP contribution in [0.2, 0.25) is 0 Å². The first-order valence-electron chi connectivity index (χ1n) is 7.78. The van der Waals surface area contributed by atoms with Crippen molar-refractivity contribution < 1.29 is 17.9 Å². The van der Waals surface area contributed by atoms with E-state index in [1.54, 1.807) is 19.2 Å². The van der Waals surface area contributed by atoms with E-state index >= 15 is 0 Å². The van der Waals surface area contributed by atoms with Gasteiger partial charge in [-0.25, -0.2) is 13.1 Å². The van der Waals surface area contributed by atoms with E-state index in [4.69, 9.17) is 9.47 Å². The van der Waals surface area contributed by atoms with Gasteiger partial charge in [-0.15, -0.1) is 0 Å². The number of hydrogen-bond donors (Lipinski definition) is 1. The van der Waals surface area contributed by atoms with Crippen molar-refractivity contribution in [2.24, 2.45) is 5.92 Å². The second-order valence-electron chi connectivity index (χ2n) is 5.91. The highest BCUT2D eigenvalue weighted by molar-refractivity contribution is 9.10. The highest BCUT2D eigenvalue weighted by Crippen LogP contribution is 2.31. The zero-order valence-electron chi connectivity index (χ0n) is 14.6. The van der Waals surface area contributed by atoms with Crippen molar-refractivity contribution in [2.75, 3.05) is 14.2 Å². The molecule has 0 aromatic heterocycles. The molecule has 2 aromatic carbocycles. The fourth-order valence-electron chi connectivity index (χ4n) is 2.49. The van der Waals surface area contributed by atoms with Crippen LogP contribution in [0.3, 0.4) is 0 Å². The SMILES string of the molecule is COc1ccc(C(NS(=O)(=O)c2cc(Br)ccc2OC)C(C)C)cc1. The smallest absolute Gasteiger partial charge is 0.244 e. The van der Waals surface area contributed by atoms with Gasteiger partial charge in [0.05, 0.1) is 14.2 Å². The summed E-state index contributed by atoms with van der Waals surface area (Å²) < 4.78 is 39.7. The molecule has 1 atom stereocenters. The van der Waals surface area contributed by atoms with E-state index in [0.717, 1.165) is 11.3 Å². The first kappa shape index (κ1) is 19.8. The molecule has 0 radical (unpaired) electrons. The van der Waals surface area contributed by atoms with E-state index in [9.17, 15) is 8.42 Å². The quantitative estimate of drug-likeness (QED) is 0.720. The third kappa shape index (κ3) is 4.74. The third-order valence-corrected chi connectivity index (χ3v) is 5.79. The predicted octanol–water partition coefficient (Wildman–Crippen LogP) is 4.14. The Hall–Kier alpha value is -1.57. The van der Waals surface area contributed by atoms with Crippen LogP contribution in [-0.2, 0) is 10.0 Å². The molecule has 0 bridgehead atoms. The molecular formula is C18H22BrNO4S. The summed E-state index contributed by atoms with van der Waals surface area (Å²) in [5, 5.41) is 0. The summed E-state index contributed by atoms with van der Waals surface area (Å²) in [4.78, 5) is 0.100. The van der Waals surface area contributed by atoms with Crippen molar-refractivity contribution in [3.05, 3.63) is 52.5 Å². The van der Waals surface area contributed by atoms with Gasteiger partial charge in [0, 0.05) is 10.5 Å². The lowest BCUT2D eigenvalue weighted by atomic mass is 9.97. The third-order valence-electron chi connectivity index (χ3n) is 3.84. The molecule has 1 unspecified atom stereocenters. The number of rotatable bonds is 7. The second kappa shape index (κ2) is 8.21. The van der Waals surface area contributed by atoms with Crippen LogP contribution in [0.15, 0.2) is 51.8 Å². The minimum absolute atomic E-state index is 0.0568. The molecule has 25 heavy (non-hydrogen) atoms.